The SMILES string of the molecule is CCCCCC(C)NC(=O)C1CCN(S(=O)(=O)c2ccc(C)cc2C)CC1. The van der Waals surface area contributed by atoms with Gasteiger partial charge in [-0.05, 0) is 51.7 Å². The molecule has 0 spiro atoms. The number of piperidine rings is 1. The highest BCUT2D eigenvalue weighted by Gasteiger charge is 2.33. The van der Waals surface area contributed by atoms with E-state index >= 15 is 0 Å². The van der Waals surface area contributed by atoms with Crippen LogP contribution < -0.4 is 5.32 Å². The predicted octanol–water partition coefficient (Wildman–Crippen LogP) is 3.79. The Kier molecular flexibility index (Phi) is 7.86. The van der Waals surface area contributed by atoms with Gasteiger partial charge in [-0.3, -0.25) is 4.79 Å². The van der Waals surface area contributed by atoms with Gasteiger partial charge < -0.3 is 5.32 Å². The lowest BCUT2D eigenvalue weighted by atomic mass is 9.96. The maximum Gasteiger partial charge on any atom is 0.243 e. The molecule has 1 aliphatic heterocycles. The summed E-state index contributed by atoms with van der Waals surface area (Å²) in [5, 5.41) is 3.10. The van der Waals surface area contributed by atoms with E-state index in [0.29, 0.717) is 30.8 Å². The monoisotopic (exact) mass is 394 g/mol. The molecule has 1 saturated heterocycles. The molecular weight excluding hydrogens is 360 g/mol. The van der Waals surface area contributed by atoms with E-state index < -0.39 is 10.0 Å². The zero-order chi connectivity index (χ0) is 20.0. The zero-order valence-electron chi connectivity index (χ0n) is 17.1. The zero-order valence-corrected chi connectivity index (χ0v) is 17.9. The summed E-state index contributed by atoms with van der Waals surface area (Å²) < 4.78 is 27.4. The number of nitrogens with one attached hydrogen (secondary N) is 1. The van der Waals surface area contributed by atoms with Crippen molar-refractivity contribution < 1.29 is 13.2 Å². The Bertz CT molecular complexity index is 738. The molecule has 1 aliphatic rings. The van der Waals surface area contributed by atoms with Crippen molar-refractivity contribution >= 4 is 15.9 Å². The van der Waals surface area contributed by atoms with Gasteiger partial charge in [0.1, 0.15) is 0 Å². The second-order valence-corrected chi connectivity index (χ2v) is 9.76. The van der Waals surface area contributed by atoms with E-state index in [1.807, 2.05) is 32.9 Å². The molecule has 0 saturated carbocycles. The third kappa shape index (κ3) is 5.79. The summed E-state index contributed by atoms with van der Waals surface area (Å²) in [5.74, 6) is -0.0215. The molecular formula is C21H34N2O3S. The first-order chi connectivity index (χ1) is 12.8. The summed E-state index contributed by atoms with van der Waals surface area (Å²) >= 11 is 0. The van der Waals surface area contributed by atoms with Gasteiger partial charge in [0.2, 0.25) is 15.9 Å². The molecule has 1 unspecified atom stereocenters. The Balaban J connectivity index is 1.91. The Morgan fingerprint density at radius 1 is 1.22 bits per heavy atom. The van der Waals surface area contributed by atoms with Crippen LogP contribution in [0.15, 0.2) is 23.1 Å². The molecule has 0 aromatic heterocycles. The van der Waals surface area contributed by atoms with Crippen molar-refractivity contribution in [3.05, 3.63) is 29.3 Å². The van der Waals surface area contributed by atoms with Gasteiger partial charge in [0.05, 0.1) is 4.90 Å². The van der Waals surface area contributed by atoms with E-state index in [1.54, 1.807) is 6.07 Å². The lowest BCUT2D eigenvalue weighted by molar-refractivity contribution is -0.126. The quantitative estimate of drug-likeness (QED) is 0.682. The minimum absolute atomic E-state index is 0.0718. The molecule has 0 aliphatic carbocycles. The molecule has 0 bridgehead atoms. The molecule has 1 amide bonds. The van der Waals surface area contributed by atoms with E-state index in [4.69, 9.17) is 0 Å². The minimum Gasteiger partial charge on any atom is -0.353 e. The summed E-state index contributed by atoms with van der Waals surface area (Å²) in [6.07, 6.45) is 5.66. The lowest BCUT2D eigenvalue weighted by Crippen LogP contribution is -2.44. The highest BCUT2D eigenvalue weighted by atomic mass is 32.2. The van der Waals surface area contributed by atoms with Gasteiger partial charge in [-0.25, -0.2) is 8.42 Å². The number of hydrogen-bond acceptors (Lipinski definition) is 3. The summed E-state index contributed by atoms with van der Waals surface area (Å²) in [7, 11) is -3.49. The summed E-state index contributed by atoms with van der Waals surface area (Å²) in [4.78, 5) is 12.9. The van der Waals surface area contributed by atoms with Crippen LogP contribution in [0.25, 0.3) is 0 Å². The Hall–Kier alpha value is -1.40. The Morgan fingerprint density at radius 3 is 2.48 bits per heavy atom. The fraction of sp³-hybridized carbons (Fsp3) is 0.667. The fourth-order valence-corrected chi connectivity index (χ4v) is 5.40. The smallest absolute Gasteiger partial charge is 0.243 e. The fourth-order valence-electron chi connectivity index (χ4n) is 3.72. The molecule has 1 N–H and O–H groups in total. The summed E-state index contributed by atoms with van der Waals surface area (Å²) in [6, 6.07) is 5.60. The van der Waals surface area contributed by atoms with Crippen molar-refractivity contribution in [1.82, 2.24) is 9.62 Å². The number of hydrogen-bond donors (Lipinski definition) is 1. The van der Waals surface area contributed by atoms with Crippen LogP contribution in [-0.4, -0.2) is 37.8 Å². The van der Waals surface area contributed by atoms with Crippen molar-refractivity contribution in [3.63, 3.8) is 0 Å². The van der Waals surface area contributed by atoms with Gasteiger partial charge >= 0.3 is 0 Å². The van der Waals surface area contributed by atoms with Crippen LogP contribution in [0, 0.1) is 19.8 Å². The van der Waals surface area contributed by atoms with Gasteiger partial charge in [-0.15, -0.1) is 0 Å². The Labute approximate surface area is 164 Å². The molecule has 6 heteroatoms. The van der Waals surface area contributed by atoms with Crippen LogP contribution in [0.4, 0.5) is 0 Å². The van der Waals surface area contributed by atoms with Crippen LogP contribution in [-0.2, 0) is 14.8 Å². The molecule has 0 radical (unpaired) electrons. The van der Waals surface area contributed by atoms with Gasteiger partial charge in [0, 0.05) is 25.0 Å². The second-order valence-electron chi connectivity index (χ2n) is 7.85. The van der Waals surface area contributed by atoms with E-state index in [0.717, 1.165) is 24.0 Å². The van der Waals surface area contributed by atoms with Crippen LogP contribution in [0.5, 0.6) is 0 Å². The molecule has 1 aromatic carbocycles. The van der Waals surface area contributed by atoms with Gasteiger partial charge in [0.15, 0.2) is 0 Å². The first-order valence-electron chi connectivity index (χ1n) is 10.1. The number of benzene rings is 1. The average Bonchev–Trinajstić information content (AvgIpc) is 2.61. The maximum absolute atomic E-state index is 12.9. The number of nitrogens with zero attached hydrogens (tertiary/aromatic N) is 1. The number of sulfonamides is 1. The number of rotatable bonds is 8. The number of carbonyl (C=O) groups excluding carboxylic acids is 1. The molecule has 2 rings (SSSR count). The van der Waals surface area contributed by atoms with Crippen molar-refractivity contribution in [2.75, 3.05) is 13.1 Å². The van der Waals surface area contributed by atoms with Crippen LogP contribution >= 0.6 is 0 Å². The maximum atomic E-state index is 12.9. The normalized spacial score (nSPS) is 17.6. The largest absolute Gasteiger partial charge is 0.353 e. The van der Waals surface area contributed by atoms with Gasteiger partial charge in [-0.2, -0.15) is 4.31 Å². The number of unbranched alkanes of at least 4 members (excludes halogenated alkanes) is 2. The molecule has 5 nitrogen and oxygen atoms in total. The van der Waals surface area contributed by atoms with Crippen molar-refractivity contribution in [3.8, 4) is 0 Å². The standard InChI is InChI=1S/C21H34N2O3S/c1-5-6-7-8-18(4)22-21(24)19-11-13-23(14-12-19)27(25,26)20-10-9-16(2)15-17(20)3/h9-10,15,18-19H,5-8,11-14H2,1-4H3,(H,22,24). The molecule has 1 heterocycles. The highest BCUT2D eigenvalue weighted by Crippen LogP contribution is 2.26. The third-order valence-corrected chi connectivity index (χ3v) is 7.46. The molecule has 152 valence electrons. The lowest BCUT2D eigenvalue weighted by Gasteiger charge is -2.31. The highest BCUT2D eigenvalue weighted by molar-refractivity contribution is 7.89. The number of aryl methyl sites for hydroxylation is 2. The van der Waals surface area contributed by atoms with E-state index in [9.17, 15) is 13.2 Å². The van der Waals surface area contributed by atoms with E-state index in [1.165, 1.54) is 17.1 Å². The second kappa shape index (κ2) is 9.69. The van der Waals surface area contributed by atoms with Crippen LogP contribution in [0.3, 0.4) is 0 Å². The number of carbonyl (C=O) groups is 1. The first kappa shape index (κ1) is 21.9. The van der Waals surface area contributed by atoms with E-state index in [2.05, 4.69) is 12.2 Å². The van der Waals surface area contributed by atoms with Crippen molar-refractivity contribution in [2.45, 2.75) is 77.2 Å². The first-order valence-corrected chi connectivity index (χ1v) is 11.6. The summed E-state index contributed by atoms with van der Waals surface area (Å²) in [6.45, 7) is 8.81. The summed E-state index contributed by atoms with van der Waals surface area (Å²) in [5.41, 5.74) is 1.82. The van der Waals surface area contributed by atoms with Gasteiger partial charge in [-0.1, -0.05) is 43.9 Å². The van der Waals surface area contributed by atoms with Crippen LogP contribution in [0.2, 0.25) is 0 Å². The number of amides is 1. The third-order valence-electron chi connectivity index (χ3n) is 5.40. The van der Waals surface area contributed by atoms with Crippen LogP contribution in [0.1, 0.15) is 63.5 Å². The predicted molar refractivity (Wildman–Crippen MR) is 109 cm³/mol. The average molecular weight is 395 g/mol. The molecule has 27 heavy (non-hydrogen) atoms. The van der Waals surface area contributed by atoms with E-state index in [-0.39, 0.29) is 17.9 Å². The van der Waals surface area contributed by atoms with Gasteiger partial charge in [0.25, 0.3) is 0 Å². The molecule has 1 atom stereocenters. The topological polar surface area (TPSA) is 66.5 Å². The van der Waals surface area contributed by atoms with Crippen molar-refractivity contribution in [2.24, 2.45) is 5.92 Å². The molecule has 1 aromatic rings. The minimum atomic E-state index is -3.49. The van der Waals surface area contributed by atoms with Crippen molar-refractivity contribution in [1.29, 1.82) is 0 Å². The Morgan fingerprint density at radius 2 is 1.89 bits per heavy atom. The molecule has 1 fully saturated rings.